The molecule has 26 heavy (non-hydrogen) atoms. The minimum Gasteiger partial charge on any atom is -0.497 e. The molecule has 3 rings (SSSR count). The van der Waals surface area contributed by atoms with Crippen molar-refractivity contribution in [2.45, 2.75) is 0 Å². The molecule has 0 spiro atoms. The first-order valence-corrected chi connectivity index (χ1v) is 8.76. The van der Waals surface area contributed by atoms with Crippen LogP contribution in [0.3, 0.4) is 0 Å². The third kappa shape index (κ3) is 4.26. The van der Waals surface area contributed by atoms with Crippen LogP contribution in [0.15, 0.2) is 72.1 Å². The van der Waals surface area contributed by atoms with E-state index >= 15 is 0 Å². The molecule has 2 aromatic carbocycles. The second-order valence-corrected chi connectivity index (χ2v) is 6.31. The van der Waals surface area contributed by atoms with Crippen LogP contribution in [0.2, 0.25) is 0 Å². The minimum atomic E-state index is -0.532. The molecule has 3 aromatic rings. The molecule has 1 aromatic heterocycles. The zero-order chi connectivity index (χ0) is 18.4. The number of thiophene rings is 1. The van der Waals surface area contributed by atoms with Crippen LogP contribution in [-0.2, 0) is 0 Å². The van der Waals surface area contributed by atoms with Crippen molar-refractivity contribution in [3.05, 3.63) is 88.1 Å². The zero-order valence-electron chi connectivity index (χ0n) is 14.0. The maximum atomic E-state index is 12.6. The van der Waals surface area contributed by atoms with E-state index in [0.29, 0.717) is 16.9 Å². The summed E-state index contributed by atoms with van der Waals surface area (Å²) in [6.07, 6.45) is 3.20. The summed E-state index contributed by atoms with van der Waals surface area (Å²) in [6.45, 7) is 0. The van der Waals surface area contributed by atoms with Gasteiger partial charge in [-0.05, 0) is 47.9 Å². The van der Waals surface area contributed by atoms with Gasteiger partial charge < -0.3 is 9.47 Å². The Kier molecular flexibility index (Phi) is 5.61. The van der Waals surface area contributed by atoms with Gasteiger partial charge in [-0.3, -0.25) is 4.79 Å². The van der Waals surface area contributed by atoms with Gasteiger partial charge in [0.15, 0.2) is 5.78 Å². The molecule has 0 fully saturated rings. The van der Waals surface area contributed by atoms with Gasteiger partial charge in [-0.1, -0.05) is 24.3 Å². The summed E-state index contributed by atoms with van der Waals surface area (Å²) in [6, 6.07) is 17.2. The highest BCUT2D eigenvalue weighted by atomic mass is 32.1. The SMILES string of the molecule is COc1ccc(C(=O)/C=C/c2cccs2)c(OC(=O)c2ccccc2)c1. The average molecular weight is 364 g/mol. The van der Waals surface area contributed by atoms with Crippen molar-refractivity contribution in [3.8, 4) is 11.5 Å². The van der Waals surface area contributed by atoms with E-state index in [2.05, 4.69) is 0 Å². The van der Waals surface area contributed by atoms with Crippen LogP contribution < -0.4 is 9.47 Å². The highest BCUT2D eigenvalue weighted by molar-refractivity contribution is 7.10. The van der Waals surface area contributed by atoms with E-state index in [-0.39, 0.29) is 11.5 Å². The molecule has 0 unspecified atom stereocenters. The van der Waals surface area contributed by atoms with Gasteiger partial charge in [0, 0.05) is 10.9 Å². The molecule has 0 aliphatic rings. The number of methoxy groups -OCH3 is 1. The highest BCUT2D eigenvalue weighted by Gasteiger charge is 2.16. The fourth-order valence-electron chi connectivity index (χ4n) is 2.28. The average Bonchev–Trinajstić information content (AvgIpc) is 3.20. The van der Waals surface area contributed by atoms with Crippen LogP contribution in [0.1, 0.15) is 25.6 Å². The Morgan fingerprint density at radius 2 is 1.81 bits per heavy atom. The molecule has 0 N–H and O–H groups in total. The third-order valence-electron chi connectivity index (χ3n) is 3.61. The van der Waals surface area contributed by atoms with E-state index in [0.717, 1.165) is 4.88 Å². The van der Waals surface area contributed by atoms with Crippen molar-refractivity contribution in [2.75, 3.05) is 7.11 Å². The first kappa shape index (κ1) is 17.6. The predicted octanol–water partition coefficient (Wildman–Crippen LogP) is 4.87. The normalized spacial score (nSPS) is 10.7. The molecular weight excluding hydrogens is 348 g/mol. The topological polar surface area (TPSA) is 52.6 Å². The number of hydrogen-bond acceptors (Lipinski definition) is 5. The number of carbonyl (C=O) groups is 2. The van der Waals surface area contributed by atoms with Crippen LogP contribution >= 0.6 is 11.3 Å². The Labute approximate surface area is 155 Å². The van der Waals surface area contributed by atoms with Crippen molar-refractivity contribution in [3.63, 3.8) is 0 Å². The fraction of sp³-hybridized carbons (Fsp3) is 0.0476. The molecule has 0 saturated heterocycles. The van der Waals surface area contributed by atoms with Gasteiger partial charge in [-0.2, -0.15) is 0 Å². The van der Waals surface area contributed by atoms with Crippen LogP contribution in [0, 0.1) is 0 Å². The van der Waals surface area contributed by atoms with Crippen molar-refractivity contribution < 1.29 is 19.1 Å². The Bertz CT molecular complexity index is 928. The lowest BCUT2D eigenvalue weighted by Crippen LogP contribution is -2.11. The maximum Gasteiger partial charge on any atom is 0.343 e. The smallest absolute Gasteiger partial charge is 0.343 e. The van der Waals surface area contributed by atoms with Crippen molar-refractivity contribution in [1.29, 1.82) is 0 Å². The zero-order valence-corrected chi connectivity index (χ0v) is 14.9. The number of hydrogen-bond donors (Lipinski definition) is 0. The molecule has 0 amide bonds. The van der Waals surface area contributed by atoms with Crippen LogP contribution in [0.5, 0.6) is 11.5 Å². The quantitative estimate of drug-likeness (QED) is 0.271. The molecule has 0 aliphatic carbocycles. The molecule has 0 saturated carbocycles. The summed E-state index contributed by atoms with van der Waals surface area (Å²) < 4.78 is 10.6. The molecule has 0 radical (unpaired) electrons. The summed E-state index contributed by atoms with van der Waals surface area (Å²) in [5, 5.41) is 1.94. The van der Waals surface area contributed by atoms with E-state index in [4.69, 9.17) is 9.47 Å². The number of rotatable bonds is 6. The summed E-state index contributed by atoms with van der Waals surface area (Å²) in [7, 11) is 1.51. The van der Waals surface area contributed by atoms with Gasteiger partial charge in [0.1, 0.15) is 11.5 Å². The van der Waals surface area contributed by atoms with Gasteiger partial charge in [-0.15, -0.1) is 11.3 Å². The first-order chi connectivity index (χ1) is 12.7. The van der Waals surface area contributed by atoms with Gasteiger partial charge in [0.25, 0.3) is 0 Å². The first-order valence-electron chi connectivity index (χ1n) is 7.88. The van der Waals surface area contributed by atoms with Gasteiger partial charge >= 0.3 is 5.97 Å². The van der Waals surface area contributed by atoms with E-state index in [1.54, 1.807) is 42.5 Å². The monoisotopic (exact) mass is 364 g/mol. The number of ether oxygens (including phenoxy) is 2. The van der Waals surface area contributed by atoms with Gasteiger partial charge in [0.2, 0.25) is 0 Å². The molecule has 4 nitrogen and oxygen atoms in total. The fourth-order valence-corrected chi connectivity index (χ4v) is 2.90. The lowest BCUT2D eigenvalue weighted by Gasteiger charge is -2.10. The Hall–Kier alpha value is -3.18. The number of esters is 1. The highest BCUT2D eigenvalue weighted by Crippen LogP contribution is 2.27. The number of allylic oxidation sites excluding steroid dienone is 1. The Balaban J connectivity index is 1.88. The Morgan fingerprint density at radius 3 is 2.50 bits per heavy atom. The number of benzene rings is 2. The van der Waals surface area contributed by atoms with Crippen LogP contribution in [0.4, 0.5) is 0 Å². The summed E-state index contributed by atoms with van der Waals surface area (Å²) in [5.41, 5.74) is 0.700. The van der Waals surface area contributed by atoms with E-state index in [1.807, 2.05) is 23.6 Å². The third-order valence-corrected chi connectivity index (χ3v) is 4.45. The second-order valence-electron chi connectivity index (χ2n) is 5.33. The van der Waals surface area contributed by atoms with Crippen molar-refractivity contribution in [1.82, 2.24) is 0 Å². The molecule has 0 atom stereocenters. The summed E-state index contributed by atoms with van der Waals surface area (Å²) in [4.78, 5) is 25.9. The standard InChI is InChI=1S/C21H16O4S/c1-24-16-9-11-18(19(22)12-10-17-8-5-13-26-17)20(14-16)25-21(23)15-6-3-2-4-7-15/h2-14H,1H3/b12-10+. The van der Waals surface area contributed by atoms with E-state index < -0.39 is 5.97 Å². The Morgan fingerprint density at radius 1 is 1.00 bits per heavy atom. The number of ketones is 1. The molecule has 5 heteroatoms. The van der Waals surface area contributed by atoms with Crippen molar-refractivity contribution in [2.24, 2.45) is 0 Å². The maximum absolute atomic E-state index is 12.6. The minimum absolute atomic E-state index is 0.166. The van der Waals surface area contributed by atoms with Gasteiger partial charge in [-0.25, -0.2) is 4.79 Å². The molecular formula is C21H16O4S. The van der Waals surface area contributed by atoms with Crippen LogP contribution in [-0.4, -0.2) is 18.9 Å². The molecule has 0 bridgehead atoms. The molecule has 0 aliphatic heterocycles. The van der Waals surface area contributed by atoms with Crippen molar-refractivity contribution >= 4 is 29.2 Å². The second kappa shape index (κ2) is 8.27. The number of carbonyl (C=O) groups excluding carboxylic acids is 2. The lowest BCUT2D eigenvalue weighted by molar-refractivity contribution is 0.0733. The lowest BCUT2D eigenvalue weighted by atomic mass is 10.1. The van der Waals surface area contributed by atoms with Gasteiger partial charge in [0.05, 0.1) is 18.2 Å². The van der Waals surface area contributed by atoms with E-state index in [1.165, 1.54) is 30.6 Å². The van der Waals surface area contributed by atoms with Crippen LogP contribution in [0.25, 0.3) is 6.08 Å². The summed E-state index contributed by atoms with van der Waals surface area (Å²) in [5.74, 6) is -0.120. The molecule has 130 valence electrons. The molecule has 1 heterocycles. The van der Waals surface area contributed by atoms with E-state index in [9.17, 15) is 9.59 Å². The summed E-state index contributed by atoms with van der Waals surface area (Å²) >= 11 is 1.53. The predicted molar refractivity (Wildman–Crippen MR) is 102 cm³/mol. The largest absolute Gasteiger partial charge is 0.497 e.